The largest absolute Gasteiger partial charge is 0.352 e. The number of para-hydroxylation sites is 1. The monoisotopic (exact) mass is 542 g/mol. The van der Waals surface area contributed by atoms with Crippen LogP contribution < -0.4 is 9.62 Å². The molecule has 0 radical (unpaired) electrons. The molecule has 2 aromatic carbocycles. The van der Waals surface area contributed by atoms with E-state index in [0.29, 0.717) is 21.3 Å². The molecule has 0 aliphatic carbocycles. The summed E-state index contributed by atoms with van der Waals surface area (Å²) in [7, 11) is -1.21. The molecule has 0 bridgehead atoms. The van der Waals surface area contributed by atoms with E-state index >= 15 is 0 Å². The number of benzene rings is 2. The molecule has 0 fully saturated rings. The lowest BCUT2D eigenvalue weighted by molar-refractivity contribution is -0.139. The van der Waals surface area contributed by atoms with Crippen LogP contribution in [0.15, 0.2) is 48.5 Å². The van der Waals surface area contributed by atoms with E-state index in [0.717, 1.165) is 15.0 Å². The van der Waals surface area contributed by atoms with Gasteiger partial charge >= 0.3 is 10.2 Å². The van der Waals surface area contributed by atoms with Gasteiger partial charge in [-0.15, -0.1) is 0 Å². The summed E-state index contributed by atoms with van der Waals surface area (Å²) in [6, 6.07) is 12.3. The normalized spacial score (nSPS) is 13.3. The summed E-state index contributed by atoms with van der Waals surface area (Å²) < 4.78 is 28.2. The summed E-state index contributed by atoms with van der Waals surface area (Å²) in [5, 5.41) is 3.56. The molecule has 0 aromatic heterocycles. The van der Waals surface area contributed by atoms with E-state index in [2.05, 4.69) is 5.32 Å². The number of carbonyl (C=O) groups is 2. The topological polar surface area (TPSA) is 90.0 Å². The number of nitrogens with one attached hydrogen (secondary N) is 1. The molecule has 8 nitrogen and oxygen atoms in total. The Balaban J connectivity index is 2.44. The van der Waals surface area contributed by atoms with Gasteiger partial charge in [-0.1, -0.05) is 54.4 Å². The molecule has 2 rings (SSSR count). The summed E-state index contributed by atoms with van der Waals surface area (Å²) in [6.07, 6.45) is 0.724. The third-order valence-corrected chi connectivity index (χ3v) is 8.13. The molecule has 11 heteroatoms. The first-order valence-electron chi connectivity index (χ1n) is 11.2. The molecule has 0 aliphatic rings. The zero-order valence-corrected chi connectivity index (χ0v) is 22.9. The van der Waals surface area contributed by atoms with E-state index in [4.69, 9.17) is 23.2 Å². The van der Waals surface area contributed by atoms with Crippen molar-refractivity contribution < 1.29 is 18.0 Å². The molecule has 0 spiro atoms. The number of amides is 2. The fourth-order valence-corrected chi connectivity index (χ4v) is 4.57. The van der Waals surface area contributed by atoms with Gasteiger partial charge in [-0.2, -0.15) is 12.7 Å². The SMILES string of the molecule is CC[C@@H](C)NC(=O)[C@H](C)N(Cc1ccc(Cl)c(Cl)c1)C(=O)CN(c1ccccc1)S(=O)(=O)N(C)C. The zero-order chi connectivity index (χ0) is 26.3. The Morgan fingerprint density at radius 1 is 1.00 bits per heavy atom. The highest BCUT2D eigenvalue weighted by Crippen LogP contribution is 2.25. The first-order chi connectivity index (χ1) is 16.4. The van der Waals surface area contributed by atoms with E-state index in [1.165, 1.54) is 19.0 Å². The molecule has 0 unspecified atom stereocenters. The third kappa shape index (κ3) is 7.57. The second-order valence-corrected chi connectivity index (χ2v) is 11.3. The maximum Gasteiger partial charge on any atom is 0.304 e. The second kappa shape index (κ2) is 12.6. The minimum Gasteiger partial charge on any atom is -0.352 e. The van der Waals surface area contributed by atoms with Crippen LogP contribution in [0.3, 0.4) is 0 Å². The molecular formula is C24H32Cl2N4O4S. The molecule has 192 valence electrons. The number of rotatable bonds is 11. The van der Waals surface area contributed by atoms with Gasteiger partial charge in [0.25, 0.3) is 0 Å². The lowest BCUT2D eigenvalue weighted by Crippen LogP contribution is -2.53. The van der Waals surface area contributed by atoms with Crippen LogP contribution in [-0.2, 0) is 26.3 Å². The van der Waals surface area contributed by atoms with Gasteiger partial charge in [-0.05, 0) is 50.1 Å². The van der Waals surface area contributed by atoms with Crippen molar-refractivity contribution in [1.82, 2.24) is 14.5 Å². The predicted octanol–water partition coefficient (Wildman–Crippen LogP) is 3.94. The van der Waals surface area contributed by atoms with E-state index in [-0.39, 0.29) is 18.5 Å². The van der Waals surface area contributed by atoms with E-state index < -0.39 is 28.7 Å². The second-order valence-electron chi connectivity index (χ2n) is 8.40. The Bertz CT molecular complexity index is 1130. The fraction of sp³-hybridized carbons (Fsp3) is 0.417. The number of hydrogen-bond donors (Lipinski definition) is 1. The Labute approximate surface area is 218 Å². The highest BCUT2D eigenvalue weighted by Gasteiger charge is 2.32. The van der Waals surface area contributed by atoms with Crippen molar-refractivity contribution in [3.8, 4) is 0 Å². The van der Waals surface area contributed by atoms with Crippen molar-refractivity contribution in [3.63, 3.8) is 0 Å². The third-order valence-electron chi connectivity index (χ3n) is 5.57. The average molecular weight is 544 g/mol. The molecule has 0 saturated carbocycles. The molecule has 2 amide bonds. The predicted molar refractivity (Wildman–Crippen MR) is 141 cm³/mol. The minimum absolute atomic E-state index is 0.0372. The number of anilines is 1. The maximum atomic E-state index is 13.6. The summed E-state index contributed by atoms with van der Waals surface area (Å²) in [5.41, 5.74) is 0.985. The molecule has 2 atom stereocenters. The van der Waals surface area contributed by atoms with Crippen molar-refractivity contribution in [1.29, 1.82) is 0 Å². The number of hydrogen-bond acceptors (Lipinski definition) is 4. The van der Waals surface area contributed by atoms with Crippen LogP contribution in [0.25, 0.3) is 0 Å². The van der Waals surface area contributed by atoms with Gasteiger partial charge in [0.2, 0.25) is 11.8 Å². The van der Waals surface area contributed by atoms with Gasteiger partial charge < -0.3 is 10.2 Å². The van der Waals surface area contributed by atoms with Crippen LogP contribution in [0.1, 0.15) is 32.8 Å². The van der Waals surface area contributed by atoms with Crippen LogP contribution in [0, 0.1) is 0 Å². The molecule has 35 heavy (non-hydrogen) atoms. The summed E-state index contributed by atoms with van der Waals surface area (Å²) in [4.78, 5) is 27.9. The number of halogens is 2. The Hall–Kier alpha value is -2.33. The van der Waals surface area contributed by atoms with Crippen molar-refractivity contribution in [3.05, 3.63) is 64.1 Å². The van der Waals surface area contributed by atoms with Crippen LogP contribution in [-0.4, -0.2) is 62.2 Å². The average Bonchev–Trinajstić information content (AvgIpc) is 2.82. The molecular weight excluding hydrogens is 511 g/mol. The number of nitrogens with zero attached hydrogens (tertiary/aromatic N) is 3. The maximum absolute atomic E-state index is 13.6. The molecule has 0 aliphatic heterocycles. The van der Waals surface area contributed by atoms with E-state index in [1.54, 1.807) is 55.5 Å². The van der Waals surface area contributed by atoms with Gasteiger partial charge in [0.05, 0.1) is 15.7 Å². The van der Waals surface area contributed by atoms with Crippen molar-refractivity contribution in [2.45, 2.75) is 45.8 Å². The molecule has 1 N–H and O–H groups in total. The summed E-state index contributed by atoms with van der Waals surface area (Å²) >= 11 is 12.2. The fourth-order valence-electron chi connectivity index (χ4n) is 3.19. The van der Waals surface area contributed by atoms with Gasteiger partial charge in [0.15, 0.2) is 0 Å². The Morgan fingerprint density at radius 2 is 1.63 bits per heavy atom. The lowest BCUT2D eigenvalue weighted by atomic mass is 10.1. The first-order valence-corrected chi connectivity index (χ1v) is 13.3. The van der Waals surface area contributed by atoms with Crippen LogP contribution in [0.5, 0.6) is 0 Å². The zero-order valence-electron chi connectivity index (χ0n) is 20.5. The standard InChI is InChI=1S/C24H32Cl2N4O4S/c1-6-17(2)27-24(32)18(3)29(15-19-12-13-21(25)22(26)14-19)23(31)16-30(35(33,34)28(4)5)20-10-8-7-9-11-20/h7-14,17-18H,6,15-16H2,1-5H3,(H,27,32)/t17-,18+/m1/s1. The van der Waals surface area contributed by atoms with E-state index in [1.807, 2.05) is 13.8 Å². The minimum atomic E-state index is -3.99. The Kier molecular flexibility index (Phi) is 10.4. The summed E-state index contributed by atoms with van der Waals surface area (Å²) in [6.45, 7) is 4.97. The molecule has 0 heterocycles. The lowest BCUT2D eigenvalue weighted by Gasteiger charge is -2.33. The Morgan fingerprint density at radius 3 is 2.17 bits per heavy atom. The highest BCUT2D eigenvalue weighted by atomic mass is 35.5. The quantitative estimate of drug-likeness (QED) is 0.465. The molecule has 2 aromatic rings. The van der Waals surface area contributed by atoms with Crippen LogP contribution >= 0.6 is 23.2 Å². The van der Waals surface area contributed by atoms with Gasteiger partial charge in [-0.25, -0.2) is 4.31 Å². The van der Waals surface area contributed by atoms with E-state index in [9.17, 15) is 18.0 Å². The van der Waals surface area contributed by atoms with Crippen molar-refractivity contribution in [2.24, 2.45) is 0 Å². The van der Waals surface area contributed by atoms with Gasteiger partial charge in [0, 0.05) is 26.7 Å². The smallest absolute Gasteiger partial charge is 0.304 e. The number of carbonyl (C=O) groups excluding carboxylic acids is 2. The van der Waals surface area contributed by atoms with Crippen LogP contribution in [0.2, 0.25) is 10.0 Å². The van der Waals surface area contributed by atoms with Gasteiger partial charge in [0.1, 0.15) is 12.6 Å². The summed E-state index contributed by atoms with van der Waals surface area (Å²) in [5.74, 6) is -0.883. The highest BCUT2D eigenvalue weighted by molar-refractivity contribution is 7.90. The van der Waals surface area contributed by atoms with Crippen molar-refractivity contribution in [2.75, 3.05) is 24.9 Å². The molecule has 0 saturated heterocycles. The van der Waals surface area contributed by atoms with Gasteiger partial charge in [-0.3, -0.25) is 9.59 Å². The first kappa shape index (κ1) is 28.9. The van der Waals surface area contributed by atoms with Crippen LogP contribution in [0.4, 0.5) is 5.69 Å². The van der Waals surface area contributed by atoms with Crippen molar-refractivity contribution >= 4 is 50.9 Å².